The fourth-order valence-corrected chi connectivity index (χ4v) is 3.57. The summed E-state index contributed by atoms with van der Waals surface area (Å²) in [6, 6.07) is 7.61. The maximum Gasteiger partial charge on any atom is 0.410 e. The molecule has 2 heterocycles. The van der Waals surface area contributed by atoms with E-state index in [2.05, 4.69) is 22.2 Å². The van der Waals surface area contributed by atoms with Gasteiger partial charge >= 0.3 is 6.09 Å². The summed E-state index contributed by atoms with van der Waals surface area (Å²) >= 11 is 0. The SMILES string of the molecule is C=C/C(F)=C(\C=C/CN1CC(CNC(C)=O)OC1=O)c1ccc(Cn2cnc(CNC)c2)cc1. The molecular weight excluding hydrogens is 437 g/mol. The van der Waals surface area contributed by atoms with Gasteiger partial charge in [0.1, 0.15) is 11.9 Å². The summed E-state index contributed by atoms with van der Waals surface area (Å²) in [7, 11) is 1.88. The highest BCUT2D eigenvalue weighted by atomic mass is 19.1. The Bertz CT molecular complexity index is 1070. The third-order valence-electron chi connectivity index (χ3n) is 5.25. The normalized spacial score (nSPS) is 16.5. The number of ether oxygens (including phenoxy) is 1. The zero-order valence-electron chi connectivity index (χ0n) is 19.5. The molecule has 1 fully saturated rings. The maximum absolute atomic E-state index is 14.6. The van der Waals surface area contributed by atoms with E-state index in [0.29, 0.717) is 30.8 Å². The van der Waals surface area contributed by atoms with Crippen LogP contribution in [0.2, 0.25) is 0 Å². The third-order valence-corrected chi connectivity index (χ3v) is 5.25. The quantitative estimate of drug-likeness (QED) is 0.496. The number of nitrogens with zero attached hydrogens (tertiary/aromatic N) is 3. The number of hydrogen-bond acceptors (Lipinski definition) is 5. The van der Waals surface area contributed by atoms with Crippen LogP contribution in [0.1, 0.15) is 23.7 Å². The first kappa shape index (κ1) is 24.9. The average Bonchev–Trinajstić information content (AvgIpc) is 3.41. The van der Waals surface area contributed by atoms with Gasteiger partial charge in [-0.1, -0.05) is 43.0 Å². The number of imidazole rings is 1. The number of allylic oxidation sites excluding steroid dienone is 4. The largest absolute Gasteiger partial charge is 0.442 e. The molecule has 1 saturated heterocycles. The first-order chi connectivity index (χ1) is 16.4. The molecule has 1 aromatic carbocycles. The van der Waals surface area contributed by atoms with Crippen molar-refractivity contribution in [1.82, 2.24) is 25.1 Å². The van der Waals surface area contributed by atoms with Gasteiger partial charge in [0.05, 0.1) is 25.1 Å². The molecule has 2 amide bonds. The summed E-state index contributed by atoms with van der Waals surface area (Å²) < 4.78 is 21.8. The second-order valence-electron chi connectivity index (χ2n) is 7.98. The van der Waals surface area contributed by atoms with E-state index in [0.717, 1.165) is 17.3 Å². The van der Waals surface area contributed by atoms with Gasteiger partial charge in [0, 0.05) is 38.3 Å². The minimum Gasteiger partial charge on any atom is -0.442 e. The lowest BCUT2D eigenvalue weighted by Crippen LogP contribution is -2.33. The Balaban J connectivity index is 1.63. The van der Waals surface area contributed by atoms with Crippen LogP contribution >= 0.6 is 0 Å². The van der Waals surface area contributed by atoms with Crippen molar-refractivity contribution in [2.45, 2.75) is 26.1 Å². The van der Waals surface area contributed by atoms with Crippen LogP contribution in [0, 0.1) is 0 Å². The highest BCUT2D eigenvalue weighted by Gasteiger charge is 2.30. The second-order valence-corrected chi connectivity index (χ2v) is 7.98. The Morgan fingerprint density at radius 1 is 1.35 bits per heavy atom. The number of nitrogens with one attached hydrogen (secondary N) is 2. The number of carbonyl (C=O) groups excluding carboxylic acids is 2. The Morgan fingerprint density at radius 2 is 2.12 bits per heavy atom. The van der Waals surface area contributed by atoms with Crippen LogP contribution in [0.5, 0.6) is 0 Å². The van der Waals surface area contributed by atoms with Crippen molar-refractivity contribution in [3.8, 4) is 0 Å². The van der Waals surface area contributed by atoms with Crippen molar-refractivity contribution in [3.63, 3.8) is 0 Å². The van der Waals surface area contributed by atoms with Gasteiger partial charge in [0.15, 0.2) is 0 Å². The standard InChI is InChI=1S/C25H30FN5O3/c1-4-24(26)23(6-5-11-31-16-22(34-25(31)33)13-28-18(2)32)20-9-7-19(8-10-20)14-30-15-21(12-27-3)29-17-30/h4-10,15,17,22,27H,1,11-14,16H2,2-3H3,(H,28,32)/b6-5-,24-23-. The topological polar surface area (TPSA) is 88.5 Å². The molecule has 1 unspecified atom stereocenters. The van der Waals surface area contributed by atoms with Crippen LogP contribution < -0.4 is 10.6 Å². The molecule has 1 aliphatic heterocycles. The van der Waals surface area contributed by atoms with E-state index in [4.69, 9.17) is 4.74 Å². The predicted molar refractivity (Wildman–Crippen MR) is 128 cm³/mol. The molecule has 180 valence electrons. The lowest BCUT2D eigenvalue weighted by molar-refractivity contribution is -0.119. The summed E-state index contributed by atoms with van der Waals surface area (Å²) in [5.74, 6) is -0.637. The number of aromatic nitrogens is 2. The first-order valence-electron chi connectivity index (χ1n) is 11.0. The molecule has 0 spiro atoms. The van der Waals surface area contributed by atoms with Crippen LogP contribution in [0.3, 0.4) is 0 Å². The number of carbonyl (C=O) groups is 2. The van der Waals surface area contributed by atoms with E-state index in [1.807, 2.05) is 42.1 Å². The molecule has 1 aromatic heterocycles. The number of benzene rings is 1. The monoisotopic (exact) mass is 467 g/mol. The fourth-order valence-electron chi connectivity index (χ4n) is 3.57. The number of rotatable bonds is 11. The first-order valence-corrected chi connectivity index (χ1v) is 11.0. The van der Waals surface area contributed by atoms with Gasteiger partial charge in [-0.15, -0.1) is 0 Å². The molecule has 34 heavy (non-hydrogen) atoms. The maximum atomic E-state index is 14.6. The molecule has 0 radical (unpaired) electrons. The number of amides is 2. The predicted octanol–water partition coefficient (Wildman–Crippen LogP) is 3.03. The molecular formula is C25H30FN5O3. The van der Waals surface area contributed by atoms with E-state index in [9.17, 15) is 14.0 Å². The molecule has 2 aromatic rings. The minimum atomic E-state index is -0.462. The molecule has 1 atom stereocenters. The molecule has 0 aliphatic carbocycles. The number of cyclic esters (lactones) is 1. The Hall–Kier alpha value is -3.72. The molecule has 0 saturated carbocycles. The zero-order chi connectivity index (χ0) is 24.5. The summed E-state index contributed by atoms with van der Waals surface area (Å²) in [4.78, 5) is 28.9. The van der Waals surface area contributed by atoms with Crippen LogP contribution in [-0.2, 0) is 22.6 Å². The van der Waals surface area contributed by atoms with Crippen molar-refractivity contribution in [1.29, 1.82) is 0 Å². The van der Waals surface area contributed by atoms with Crippen molar-refractivity contribution >= 4 is 17.6 Å². The van der Waals surface area contributed by atoms with Crippen LogP contribution in [0.4, 0.5) is 9.18 Å². The summed E-state index contributed by atoms with van der Waals surface area (Å²) in [6.45, 7) is 7.19. The smallest absolute Gasteiger partial charge is 0.410 e. The fraction of sp³-hybridized carbons (Fsp3) is 0.320. The molecule has 2 N–H and O–H groups in total. The Kier molecular flexibility index (Phi) is 8.75. The lowest BCUT2D eigenvalue weighted by Gasteiger charge is -2.11. The lowest BCUT2D eigenvalue weighted by atomic mass is 10.0. The van der Waals surface area contributed by atoms with E-state index >= 15 is 0 Å². The second kappa shape index (κ2) is 11.9. The van der Waals surface area contributed by atoms with Crippen molar-refractivity contribution in [3.05, 3.63) is 84.2 Å². The number of hydrogen-bond donors (Lipinski definition) is 2. The van der Waals surface area contributed by atoms with Gasteiger partial charge in [0.25, 0.3) is 0 Å². The molecule has 0 bridgehead atoms. The van der Waals surface area contributed by atoms with Crippen molar-refractivity contribution in [2.24, 2.45) is 0 Å². The van der Waals surface area contributed by atoms with Crippen LogP contribution in [-0.4, -0.2) is 59.2 Å². The van der Waals surface area contributed by atoms with Gasteiger partial charge in [-0.25, -0.2) is 14.2 Å². The summed E-state index contributed by atoms with van der Waals surface area (Å²) in [5, 5.41) is 5.71. The van der Waals surface area contributed by atoms with Crippen LogP contribution in [0.15, 0.2) is 67.4 Å². The molecule has 3 rings (SSSR count). The van der Waals surface area contributed by atoms with Crippen LogP contribution in [0.25, 0.3) is 5.57 Å². The van der Waals surface area contributed by atoms with E-state index in [-0.39, 0.29) is 19.0 Å². The highest BCUT2D eigenvalue weighted by molar-refractivity contribution is 5.77. The Labute approximate surface area is 198 Å². The van der Waals surface area contributed by atoms with E-state index in [1.54, 1.807) is 18.5 Å². The zero-order valence-corrected chi connectivity index (χ0v) is 19.5. The highest BCUT2D eigenvalue weighted by Crippen LogP contribution is 2.23. The van der Waals surface area contributed by atoms with Crippen molar-refractivity contribution in [2.75, 3.05) is 26.7 Å². The number of halogens is 1. The van der Waals surface area contributed by atoms with Gasteiger partial charge in [0.2, 0.25) is 5.91 Å². The minimum absolute atomic E-state index is 0.182. The summed E-state index contributed by atoms with van der Waals surface area (Å²) in [5.41, 5.74) is 3.10. The van der Waals surface area contributed by atoms with Gasteiger partial charge < -0.3 is 24.8 Å². The van der Waals surface area contributed by atoms with E-state index in [1.165, 1.54) is 11.8 Å². The summed E-state index contributed by atoms with van der Waals surface area (Å²) in [6.07, 6.45) is 7.42. The van der Waals surface area contributed by atoms with Gasteiger partial charge in [-0.05, 0) is 24.3 Å². The van der Waals surface area contributed by atoms with Gasteiger partial charge in [-0.2, -0.15) is 0 Å². The molecule has 9 heteroatoms. The van der Waals surface area contributed by atoms with Crippen molar-refractivity contribution < 1.29 is 18.7 Å². The third kappa shape index (κ3) is 6.89. The Morgan fingerprint density at radius 3 is 2.79 bits per heavy atom. The molecule has 8 nitrogen and oxygen atoms in total. The van der Waals surface area contributed by atoms with E-state index < -0.39 is 18.0 Å². The van der Waals surface area contributed by atoms with Gasteiger partial charge in [-0.3, -0.25) is 4.79 Å². The molecule has 1 aliphatic rings. The average molecular weight is 468 g/mol.